The molecule has 1 heterocycles. The van der Waals surface area contributed by atoms with Gasteiger partial charge in [-0.3, -0.25) is 4.79 Å². The van der Waals surface area contributed by atoms with E-state index in [0.717, 1.165) is 0 Å². The van der Waals surface area contributed by atoms with E-state index in [1.54, 1.807) is 6.08 Å². The number of benzene rings is 1. The van der Waals surface area contributed by atoms with Gasteiger partial charge in [0.25, 0.3) is 0 Å². The minimum Gasteiger partial charge on any atom is -0.328 e. The maximum absolute atomic E-state index is 11.7. The molecule has 0 spiro atoms. The van der Waals surface area contributed by atoms with E-state index in [4.69, 9.17) is 0 Å². The van der Waals surface area contributed by atoms with E-state index < -0.39 is 0 Å². The lowest BCUT2D eigenvalue weighted by molar-refractivity contribution is -0.127. The molecule has 0 saturated heterocycles. The Balaban J connectivity index is 2.12. The number of hydrogen-bond acceptors (Lipinski definition) is 1. The zero-order chi connectivity index (χ0) is 11.5. The summed E-state index contributed by atoms with van der Waals surface area (Å²) in [5, 5.41) is 0. The highest BCUT2D eigenvalue weighted by atomic mass is 16.2. The van der Waals surface area contributed by atoms with Crippen LogP contribution in [0.25, 0.3) is 0 Å². The van der Waals surface area contributed by atoms with Gasteiger partial charge in [0.15, 0.2) is 0 Å². The zero-order valence-electron chi connectivity index (χ0n) is 9.76. The van der Waals surface area contributed by atoms with Crippen LogP contribution in [0.4, 0.5) is 0 Å². The normalized spacial score (nSPS) is 19.8. The van der Waals surface area contributed by atoms with E-state index in [9.17, 15) is 4.79 Å². The van der Waals surface area contributed by atoms with Crippen LogP contribution < -0.4 is 0 Å². The topological polar surface area (TPSA) is 20.3 Å². The van der Waals surface area contributed by atoms with E-state index in [1.165, 1.54) is 5.56 Å². The van der Waals surface area contributed by atoms with Crippen molar-refractivity contribution in [1.29, 1.82) is 0 Å². The molecular formula is C14H17NO. The van der Waals surface area contributed by atoms with Gasteiger partial charge >= 0.3 is 0 Å². The predicted molar refractivity (Wildman–Crippen MR) is 64.8 cm³/mol. The molecule has 2 nitrogen and oxygen atoms in total. The summed E-state index contributed by atoms with van der Waals surface area (Å²) < 4.78 is 0. The van der Waals surface area contributed by atoms with Crippen LogP contribution in [0.5, 0.6) is 0 Å². The number of carbonyl (C=O) groups excluding carboxylic acids is 1. The Kier molecular flexibility index (Phi) is 3.09. The third kappa shape index (κ3) is 2.16. The van der Waals surface area contributed by atoms with Gasteiger partial charge in [-0.1, -0.05) is 50.3 Å². The summed E-state index contributed by atoms with van der Waals surface area (Å²) in [5.41, 5.74) is 1.19. The van der Waals surface area contributed by atoms with Crippen LogP contribution in [0.3, 0.4) is 0 Å². The molecule has 0 fully saturated rings. The van der Waals surface area contributed by atoms with Gasteiger partial charge in [-0.25, -0.2) is 0 Å². The maximum atomic E-state index is 11.7. The number of hydrogen-bond donors (Lipinski definition) is 0. The molecule has 0 N–H and O–H groups in total. The third-order valence-corrected chi connectivity index (χ3v) is 2.96. The molecule has 1 amide bonds. The second-order valence-corrected chi connectivity index (χ2v) is 4.55. The molecule has 0 aromatic heterocycles. The Morgan fingerprint density at radius 3 is 2.56 bits per heavy atom. The summed E-state index contributed by atoms with van der Waals surface area (Å²) in [6.07, 6.45) is 3.70. The number of amides is 1. The van der Waals surface area contributed by atoms with E-state index >= 15 is 0 Å². The van der Waals surface area contributed by atoms with Gasteiger partial charge in [0, 0.05) is 12.6 Å². The average Bonchev–Trinajstić information content (AvgIpc) is 2.62. The summed E-state index contributed by atoms with van der Waals surface area (Å²) in [6.45, 7) is 4.99. The third-order valence-electron chi connectivity index (χ3n) is 2.96. The fourth-order valence-corrected chi connectivity index (χ4v) is 2.07. The van der Waals surface area contributed by atoms with Crippen molar-refractivity contribution in [3.8, 4) is 0 Å². The van der Waals surface area contributed by atoms with E-state index in [-0.39, 0.29) is 11.9 Å². The van der Waals surface area contributed by atoms with E-state index in [1.807, 2.05) is 29.2 Å². The van der Waals surface area contributed by atoms with Gasteiger partial charge in [-0.15, -0.1) is 0 Å². The summed E-state index contributed by atoms with van der Waals surface area (Å²) >= 11 is 0. The summed E-state index contributed by atoms with van der Waals surface area (Å²) in [6, 6.07) is 10.4. The Bertz CT molecular complexity index is 394. The highest BCUT2D eigenvalue weighted by molar-refractivity contribution is 5.90. The molecule has 84 valence electrons. The highest BCUT2D eigenvalue weighted by Crippen LogP contribution is 2.21. The van der Waals surface area contributed by atoms with Gasteiger partial charge in [-0.2, -0.15) is 0 Å². The smallest absolute Gasteiger partial charge is 0.247 e. The molecule has 1 aromatic carbocycles. The molecule has 16 heavy (non-hydrogen) atoms. The lowest BCUT2D eigenvalue weighted by Gasteiger charge is -2.27. The summed E-state index contributed by atoms with van der Waals surface area (Å²) in [4.78, 5) is 13.7. The van der Waals surface area contributed by atoms with Gasteiger partial charge in [-0.05, 0) is 11.5 Å². The zero-order valence-corrected chi connectivity index (χ0v) is 9.76. The van der Waals surface area contributed by atoms with Crippen LogP contribution >= 0.6 is 0 Å². The number of carbonyl (C=O) groups is 1. The van der Waals surface area contributed by atoms with Crippen molar-refractivity contribution < 1.29 is 4.79 Å². The van der Waals surface area contributed by atoms with Crippen molar-refractivity contribution in [2.45, 2.75) is 26.4 Å². The molecule has 1 aromatic rings. The van der Waals surface area contributed by atoms with Gasteiger partial charge in [0.2, 0.25) is 5.91 Å². The molecule has 0 radical (unpaired) electrons. The minimum absolute atomic E-state index is 0.127. The average molecular weight is 215 g/mol. The first-order chi connectivity index (χ1) is 7.68. The lowest BCUT2D eigenvalue weighted by atomic mass is 10.0. The standard InChI is InChI=1S/C14H17NO/c1-11(2)13-8-9-14(16)15(13)10-12-6-4-3-5-7-12/h3-9,11,13H,10H2,1-2H3. The quantitative estimate of drug-likeness (QED) is 0.759. The molecule has 0 bridgehead atoms. The Hall–Kier alpha value is -1.57. The van der Waals surface area contributed by atoms with Crippen molar-refractivity contribution in [2.24, 2.45) is 5.92 Å². The fraction of sp³-hybridized carbons (Fsp3) is 0.357. The van der Waals surface area contributed by atoms with Crippen LogP contribution in [-0.4, -0.2) is 16.8 Å². The van der Waals surface area contributed by atoms with E-state index in [2.05, 4.69) is 26.0 Å². The van der Waals surface area contributed by atoms with Gasteiger partial charge < -0.3 is 4.90 Å². The molecule has 1 aliphatic heterocycles. The summed E-state index contributed by atoms with van der Waals surface area (Å²) in [5.74, 6) is 0.592. The van der Waals surface area contributed by atoms with Gasteiger partial charge in [0.1, 0.15) is 0 Å². The first-order valence-electron chi connectivity index (χ1n) is 5.71. The molecule has 1 atom stereocenters. The molecule has 1 unspecified atom stereocenters. The molecule has 0 saturated carbocycles. The largest absolute Gasteiger partial charge is 0.328 e. The number of nitrogens with zero attached hydrogens (tertiary/aromatic N) is 1. The van der Waals surface area contributed by atoms with Crippen molar-refractivity contribution >= 4 is 5.91 Å². The molecule has 0 aliphatic carbocycles. The summed E-state index contributed by atoms with van der Waals surface area (Å²) in [7, 11) is 0. The minimum atomic E-state index is 0.127. The molecule has 2 heteroatoms. The maximum Gasteiger partial charge on any atom is 0.247 e. The van der Waals surface area contributed by atoms with Crippen LogP contribution in [0.1, 0.15) is 19.4 Å². The van der Waals surface area contributed by atoms with E-state index in [0.29, 0.717) is 12.5 Å². The second-order valence-electron chi connectivity index (χ2n) is 4.55. The van der Waals surface area contributed by atoms with Crippen LogP contribution in [0.15, 0.2) is 42.5 Å². The lowest BCUT2D eigenvalue weighted by Crippen LogP contribution is -2.36. The van der Waals surface area contributed by atoms with Crippen molar-refractivity contribution in [1.82, 2.24) is 4.90 Å². The molecule has 1 aliphatic rings. The molecular weight excluding hydrogens is 198 g/mol. The van der Waals surface area contributed by atoms with Crippen LogP contribution in [0, 0.1) is 5.92 Å². The van der Waals surface area contributed by atoms with Crippen molar-refractivity contribution in [3.05, 3.63) is 48.0 Å². The Morgan fingerprint density at radius 1 is 1.25 bits per heavy atom. The fourth-order valence-electron chi connectivity index (χ4n) is 2.07. The Morgan fingerprint density at radius 2 is 1.94 bits per heavy atom. The van der Waals surface area contributed by atoms with Crippen molar-refractivity contribution in [3.63, 3.8) is 0 Å². The second kappa shape index (κ2) is 4.52. The van der Waals surface area contributed by atoms with Gasteiger partial charge in [0.05, 0.1) is 6.04 Å². The predicted octanol–water partition coefficient (Wildman–Crippen LogP) is 2.61. The highest BCUT2D eigenvalue weighted by Gasteiger charge is 2.27. The van der Waals surface area contributed by atoms with Crippen LogP contribution in [-0.2, 0) is 11.3 Å². The first kappa shape index (κ1) is 10.9. The SMILES string of the molecule is CC(C)C1C=CC(=O)N1Cc1ccccc1. The Labute approximate surface area is 96.6 Å². The molecule has 2 rings (SSSR count). The number of rotatable bonds is 3. The monoisotopic (exact) mass is 215 g/mol. The first-order valence-corrected chi connectivity index (χ1v) is 5.71. The van der Waals surface area contributed by atoms with Crippen LogP contribution in [0.2, 0.25) is 0 Å². The van der Waals surface area contributed by atoms with Crippen molar-refractivity contribution in [2.75, 3.05) is 0 Å².